The zero-order valence-corrected chi connectivity index (χ0v) is 9.73. The highest BCUT2D eigenvalue weighted by Crippen LogP contribution is 2.14. The van der Waals surface area contributed by atoms with Crippen molar-refractivity contribution in [3.63, 3.8) is 0 Å². The minimum atomic E-state index is 0.318. The van der Waals surface area contributed by atoms with Crippen LogP contribution in [0.1, 0.15) is 29.7 Å². The summed E-state index contributed by atoms with van der Waals surface area (Å²) in [7, 11) is 0. The van der Waals surface area contributed by atoms with Crippen molar-refractivity contribution in [3.8, 4) is 0 Å². The van der Waals surface area contributed by atoms with Crippen LogP contribution in [0.15, 0.2) is 47.3 Å². The Hall–Kier alpha value is -1.54. The molecule has 0 amide bonds. The summed E-state index contributed by atoms with van der Waals surface area (Å²) < 4.78 is 5.07. The van der Waals surface area contributed by atoms with Crippen LogP contribution in [-0.4, -0.2) is 0 Å². The van der Waals surface area contributed by atoms with Gasteiger partial charge < -0.3 is 9.73 Å². The van der Waals surface area contributed by atoms with Gasteiger partial charge in [-0.15, -0.1) is 0 Å². The zero-order valence-electron chi connectivity index (χ0n) is 9.73. The second-order valence-electron chi connectivity index (χ2n) is 4.09. The first-order valence-corrected chi connectivity index (χ1v) is 5.57. The predicted octanol–water partition coefficient (Wildman–Crippen LogP) is 3.44. The molecule has 2 aromatic rings. The van der Waals surface area contributed by atoms with Gasteiger partial charge in [-0.2, -0.15) is 0 Å². The average molecular weight is 215 g/mol. The maximum absolute atomic E-state index is 5.07. The SMILES string of the molecule is Cc1ccccc1CNC(C)c1ccoc1. The van der Waals surface area contributed by atoms with Gasteiger partial charge in [-0.25, -0.2) is 0 Å². The van der Waals surface area contributed by atoms with Crippen molar-refractivity contribution >= 4 is 0 Å². The van der Waals surface area contributed by atoms with E-state index in [-0.39, 0.29) is 0 Å². The summed E-state index contributed by atoms with van der Waals surface area (Å²) in [5, 5.41) is 3.48. The molecule has 16 heavy (non-hydrogen) atoms. The Labute approximate surface area is 96.3 Å². The molecule has 0 radical (unpaired) electrons. The van der Waals surface area contributed by atoms with Crippen molar-refractivity contribution in [1.82, 2.24) is 5.32 Å². The van der Waals surface area contributed by atoms with E-state index in [2.05, 4.69) is 43.4 Å². The molecule has 0 aliphatic rings. The minimum absolute atomic E-state index is 0.318. The van der Waals surface area contributed by atoms with Crippen molar-refractivity contribution in [2.24, 2.45) is 0 Å². The third-order valence-corrected chi connectivity index (χ3v) is 2.90. The molecule has 0 saturated carbocycles. The van der Waals surface area contributed by atoms with Gasteiger partial charge in [-0.3, -0.25) is 0 Å². The van der Waals surface area contributed by atoms with Gasteiger partial charge in [0.15, 0.2) is 0 Å². The highest BCUT2D eigenvalue weighted by Gasteiger charge is 2.06. The van der Waals surface area contributed by atoms with E-state index in [1.807, 2.05) is 6.07 Å². The van der Waals surface area contributed by atoms with Gasteiger partial charge in [0, 0.05) is 18.2 Å². The quantitative estimate of drug-likeness (QED) is 0.845. The second-order valence-corrected chi connectivity index (χ2v) is 4.09. The predicted molar refractivity (Wildman–Crippen MR) is 65.1 cm³/mol. The average Bonchev–Trinajstić information content (AvgIpc) is 2.81. The molecule has 84 valence electrons. The third-order valence-electron chi connectivity index (χ3n) is 2.90. The Morgan fingerprint density at radius 2 is 2.06 bits per heavy atom. The maximum Gasteiger partial charge on any atom is 0.0950 e. The van der Waals surface area contributed by atoms with E-state index in [0.717, 1.165) is 6.54 Å². The molecular formula is C14H17NO. The molecule has 1 aromatic carbocycles. The summed E-state index contributed by atoms with van der Waals surface area (Å²) in [5.74, 6) is 0. The smallest absolute Gasteiger partial charge is 0.0950 e. The van der Waals surface area contributed by atoms with Crippen LogP contribution in [0.3, 0.4) is 0 Å². The minimum Gasteiger partial charge on any atom is -0.472 e. The summed E-state index contributed by atoms with van der Waals surface area (Å²) >= 11 is 0. The molecule has 2 rings (SSSR count). The van der Waals surface area contributed by atoms with Crippen LogP contribution in [0.2, 0.25) is 0 Å². The van der Waals surface area contributed by atoms with E-state index in [0.29, 0.717) is 6.04 Å². The number of aryl methyl sites for hydroxylation is 1. The summed E-state index contributed by atoms with van der Waals surface area (Å²) in [6.07, 6.45) is 3.50. The Kier molecular flexibility index (Phi) is 3.42. The number of hydrogen-bond acceptors (Lipinski definition) is 2. The van der Waals surface area contributed by atoms with E-state index in [1.54, 1.807) is 12.5 Å². The molecule has 0 bridgehead atoms. The van der Waals surface area contributed by atoms with Crippen molar-refractivity contribution in [2.75, 3.05) is 0 Å². The standard InChI is InChI=1S/C14H17NO/c1-11-5-3-4-6-13(11)9-15-12(2)14-7-8-16-10-14/h3-8,10,12,15H,9H2,1-2H3. The van der Waals surface area contributed by atoms with Gasteiger partial charge in [-0.05, 0) is 31.0 Å². The summed E-state index contributed by atoms with van der Waals surface area (Å²) in [4.78, 5) is 0. The first-order valence-electron chi connectivity index (χ1n) is 5.57. The first-order chi connectivity index (χ1) is 7.77. The van der Waals surface area contributed by atoms with Crippen molar-refractivity contribution in [1.29, 1.82) is 0 Å². The molecule has 2 nitrogen and oxygen atoms in total. The Bertz CT molecular complexity index is 434. The number of hydrogen-bond donors (Lipinski definition) is 1. The molecule has 1 atom stereocenters. The van der Waals surface area contributed by atoms with Gasteiger partial charge in [0.2, 0.25) is 0 Å². The highest BCUT2D eigenvalue weighted by atomic mass is 16.3. The Morgan fingerprint density at radius 3 is 2.75 bits per heavy atom. The maximum atomic E-state index is 5.07. The lowest BCUT2D eigenvalue weighted by Gasteiger charge is -2.13. The Balaban J connectivity index is 1.95. The second kappa shape index (κ2) is 4.99. The van der Waals surface area contributed by atoms with Crippen LogP contribution in [0.5, 0.6) is 0 Å². The van der Waals surface area contributed by atoms with Gasteiger partial charge in [0.1, 0.15) is 0 Å². The lowest BCUT2D eigenvalue weighted by molar-refractivity contribution is 0.538. The highest BCUT2D eigenvalue weighted by molar-refractivity contribution is 5.25. The van der Waals surface area contributed by atoms with Crippen LogP contribution in [0.25, 0.3) is 0 Å². The molecule has 0 fully saturated rings. The zero-order chi connectivity index (χ0) is 11.4. The summed E-state index contributed by atoms with van der Waals surface area (Å²) in [5.41, 5.74) is 3.86. The molecule has 1 aromatic heterocycles. The van der Waals surface area contributed by atoms with Crippen molar-refractivity contribution in [2.45, 2.75) is 26.4 Å². The van der Waals surface area contributed by atoms with Gasteiger partial charge in [-0.1, -0.05) is 24.3 Å². The molecule has 0 aliphatic carbocycles. The van der Waals surface area contributed by atoms with Crippen LogP contribution >= 0.6 is 0 Å². The summed E-state index contributed by atoms with van der Waals surface area (Å²) in [6.45, 7) is 5.17. The van der Waals surface area contributed by atoms with Gasteiger partial charge >= 0.3 is 0 Å². The van der Waals surface area contributed by atoms with Crippen LogP contribution < -0.4 is 5.32 Å². The lowest BCUT2D eigenvalue weighted by atomic mass is 10.1. The molecule has 1 N–H and O–H groups in total. The monoisotopic (exact) mass is 215 g/mol. The van der Waals surface area contributed by atoms with Crippen LogP contribution in [-0.2, 0) is 6.54 Å². The number of benzene rings is 1. The van der Waals surface area contributed by atoms with Crippen LogP contribution in [0.4, 0.5) is 0 Å². The topological polar surface area (TPSA) is 25.2 Å². The molecule has 1 heterocycles. The molecule has 0 aliphatic heterocycles. The van der Waals surface area contributed by atoms with E-state index < -0.39 is 0 Å². The fourth-order valence-corrected chi connectivity index (χ4v) is 1.71. The van der Waals surface area contributed by atoms with Crippen LogP contribution in [0, 0.1) is 6.92 Å². The number of nitrogens with one attached hydrogen (secondary N) is 1. The molecule has 2 heteroatoms. The normalized spacial score (nSPS) is 12.6. The molecule has 1 unspecified atom stereocenters. The molecule has 0 saturated heterocycles. The fraction of sp³-hybridized carbons (Fsp3) is 0.286. The van der Waals surface area contributed by atoms with Gasteiger partial charge in [0.05, 0.1) is 12.5 Å². The van der Waals surface area contributed by atoms with E-state index in [4.69, 9.17) is 4.42 Å². The third kappa shape index (κ3) is 2.52. The molecule has 0 spiro atoms. The summed E-state index contributed by atoms with van der Waals surface area (Å²) in [6, 6.07) is 10.8. The van der Waals surface area contributed by atoms with E-state index >= 15 is 0 Å². The first kappa shape index (κ1) is 11.0. The molecular weight excluding hydrogens is 198 g/mol. The van der Waals surface area contributed by atoms with Crippen molar-refractivity contribution < 1.29 is 4.42 Å². The largest absolute Gasteiger partial charge is 0.472 e. The lowest BCUT2D eigenvalue weighted by Crippen LogP contribution is -2.18. The number of rotatable bonds is 4. The van der Waals surface area contributed by atoms with Crippen molar-refractivity contribution in [3.05, 3.63) is 59.5 Å². The van der Waals surface area contributed by atoms with E-state index in [1.165, 1.54) is 16.7 Å². The van der Waals surface area contributed by atoms with Gasteiger partial charge in [0.25, 0.3) is 0 Å². The number of furan rings is 1. The van der Waals surface area contributed by atoms with E-state index in [9.17, 15) is 0 Å². The Morgan fingerprint density at radius 1 is 1.25 bits per heavy atom. The fourth-order valence-electron chi connectivity index (χ4n) is 1.71.